The van der Waals surface area contributed by atoms with Gasteiger partial charge in [0.1, 0.15) is 17.3 Å². The molecule has 35 heavy (non-hydrogen) atoms. The van der Waals surface area contributed by atoms with Crippen molar-refractivity contribution in [3.05, 3.63) is 65.7 Å². The summed E-state index contributed by atoms with van der Waals surface area (Å²) in [6, 6.07) is 14.5. The second-order valence-electron chi connectivity index (χ2n) is 7.41. The van der Waals surface area contributed by atoms with Crippen molar-refractivity contribution in [1.82, 2.24) is 20.6 Å². The zero-order valence-electron chi connectivity index (χ0n) is 17.9. The molecular weight excluding hydrogens is 467 g/mol. The summed E-state index contributed by atoms with van der Waals surface area (Å²) < 4.78 is 51.6. The van der Waals surface area contributed by atoms with Crippen LogP contribution in [0.3, 0.4) is 0 Å². The number of carbonyl (C=O) groups is 1. The minimum Gasteiger partial charge on any atom is -0.378 e. The third-order valence-electron chi connectivity index (χ3n) is 4.93. The van der Waals surface area contributed by atoms with Gasteiger partial charge in [-0.2, -0.15) is 23.4 Å². The third kappa shape index (κ3) is 4.90. The average molecular weight is 483 g/mol. The summed E-state index contributed by atoms with van der Waals surface area (Å²) in [6.45, 7) is 1.46. The Balaban J connectivity index is 1.61. The Labute approximate surface area is 195 Å². The number of alkyl halides is 3. The van der Waals surface area contributed by atoms with Crippen molar-refractivity contribution < 1.29 is 32.1 Å². The van der Waals surface area contributed by atoms with E-state index in [1.807, 2.05) is 6.07 Å². The van der Waals surface area contributed by atoms with Crippen LogP contribution in [0.4, 0.5) is 13.2 Å². The van der Waals surface area contributed by atoms with Crippen LogP contribution >= 0.6 is 0 Å². The lowest BCUT2D eigenvalue weighted by Gasteiger charge is -2.12. The van der Waals surface area contributed by atoms with E-state index < -0.39 is 47.1 Å². The van der Waals surface area contributed by atoms with Crippen molar-refractivity contribution in [2.45, 2.75) is 25.2 Å². The van der Waals surface area contributed by atoms with Gasteiger partial charge in [-0.15, -0.1) is 0 Å². The average Bonchev–Trinajstić information content (AvgIpc) is 3.51. The molecule has 0 aliphatic carbocycles. The smallest absolute Gasteiger partial charge is 0.378 e. The standard InChI is InChI=1S/C23H16F3N5O4/c1-12(11-27)28-21(33)18(32)14-7-9-15(10-8-14)20-29-22(35-31-20)19-16(23(24,25)26)17(30-34-19)13-5-3-2-4-6-13/h2-10,12,18,32H,1H3,(H,28,33). The zero-order chi connectivity index (χ0) is 25.2. The molecule has 2 atom stereocenters. The molecule has 178 valence electrons. The van der Waals surface area contributed by atoms with Crippen LogP contribution in [0.2, 0.25) is 0 Å². The lowest BCUT2D eigenvalue weighted by atomic mass is 10.1. The van der Waals surface area contributed by atoms with Crippen molar-refractivity contribution in [1.29, 1.82) is 5.26 Å². The van der Waals surface area contributed by atoms with Crippen molar-refractivity contribution in [3.8, 4) is 40.4 Å². The van der Waals surface area contributed by atoms with Crippen LogP contribution in [0.15, 0.2) is 63.6 Å². The van der Waals surface area contributed by atoms with Gasteiger partial charge in [-0.1, -0.05) is 64.9 Å². The number of aliphatic hydroxyl groups is 1. The number of aliphatic hydroxyl groups excluding tert-OH is 1. The highest BCUT2D eigenvalue weighted by Gasteiger charge is 2.43. The van der Waals surface area contributed by atoms with Crippen LogP contribution in [0.1, 0.15) is 24.2 Å². The number of aromatic nitrogens is 3. The summed E-state index contributed by atoms with van der Waals surface area (Å²) in [4.78, 5) is 16.0. The zero-order valence-corrected chi connectivity index (χ0v) is 17.9. The Morgan fingerprint density at radius 2 is 1.74 bits per heavy atom. The minimum absolute atomic E-state index is 0.0469. The number of rotatable bonds is 6. The topological polar surface area (TPSA) is 138 Å². The number of nitrogens with one attached hydrogen (secondary N) is 1. The molecule has 4 rings (SSSR count). The first kappa shape index (κ1) is 23.7. The molecule has 0 aliphatic rings. The summed E-state index contributed by atoms with van der Waals surface area (Å²) in [5.41, 5.74) is -0.776. The maximum atomic E-state index is 13.9. The molecule has 0 aliphatic heterocycles. The van der Waals surface area contributed by atoms with Gasteiger partial charge in [0.05, 0.1) is 6.07 Å². The van der Waals surface area contributed by atoms with Crippen LogP contribution in [0.5, 0.6) is 0 Å². The first-order chi connectivity index (χ1) is 16.7. The second kappa shape index (κ2) is 9.40. The van der Waals surface area contributed by atoms with E-state index in [1.165, 1.54) is 43.3 Å². The molecule has 2 heterocycles. The fourth-order valence-electron chi connectivity index (χ4n) is 3.22. The molecular formula is C23H16F3N5O4. The highest BCUT2D eigenvalue weighted by atomic mass is 19.4. The number of nitrogens with zero attached hydrogens (tertiary/aromatic N) is 4. The van der Waals surface area contributed by atoms with Gasteiger partial charge in [-0.25, -0.2) is 0 Å². The first-order valence-electron chi connectivity index (χ1n) is 10.1. The quantitative estimate of drug-likeness (QED) is 0.417. The number of hydrogen-bond donors (Lipinski definition) is 2. The normalized spacial score (nSPS) is 13.1. The van der Waals surface area contributed by atoms with E-state index >= 15 is 0 Å². The second-order valence-corrected chi connectivity index (χ2v) is 7.41. The Kier molecular flexibility index (Phi) is 6.35. The molecule has 0 saturated heterocycles. The van der Waals surface area contributed by atoms with E-state index in [1.54, 1.807) is 18.2 Å². The van der Waals surface area contributed by atoms with Gasteiger partial charge in [-0.3, -0.25) is 4.79 Å². The van der Waals surface area contributed by atoms with E-state index in [0.717, 1.165) is 0 Å². The molecule has 2 aromatic heterocycles. The SMILES string of the molecule is CC(C#N)NC(=O)C(O)c1ccc(-c2noc(-c3onc(-c4ccccc4)c3C(F)(F)F)n2)cc1. The number of amides is 1. The largest absolute Gasteiger partial charge is 0.422 e. The van der Waals surface area contributed by atoms with Gasteiger partial charge in [0.2, 0.25) is 11.6 Å². The fraction of sp³-hybridized carbons (Fsp3) is 0.174. The van der Waals surface area contributed by atoms with Crippen molar-refractivity contribution in [2.75, 3.05) is 0 Å². The summed E-state index contributed by atoms with van der Waals surface area (Å²) in [6.07, 6.45) is -6.34. The molecule has 2 aromatic carbocycles. The summed E-state index contributed by atoms with van der Waals surface area (Å²) in [5.74, 6) is -2.04. The van der Waals surface area contributed by atoms with Gasteiger partial charge in [0.25, 0.3) is 11.8 Å². The van der Waals surface area contributed by atoms with Crippen LogP contribution in [0.25, 0.3) is 34.3 Å². The molecule has 0 radical (unpaired) electrons. The summed E-state index contributed by atoms with van der Waals surface area (Å²) in [7, 11) is 0. The van der Waals surface area contributed by atoms with Crippen LogP contribution in [-0.2, 0) is 11.0 Å². The van der Waals surface area contributed by atoms with Crippen LogP contribution in [-0.4, -0.2) is 32.4 Å². The monoisotopic (exact) mass is 483 g/mol. The summed E-state index contributed by atoms with van der Waals surface area (Å²) >= 11 is 0. The van der Waals surface area contributed by atoms with Crippen LogP contribution in [0, 0.1) is 11.3 Å². The molecule has 0 spiro atoms. The lowest BCUT2D eigenvalue weighted by molar-refractivity contribution is -0.137. The fourth-order valence-corrected chi connectivity index (χ4v) is 3.22. The number of benzene rings is 2. The van der Waals surface area contributed by atoms with Crippen molar-refractivity contribution in [3.63, 3.8) is 0 Å². The van der Waals surface area contributed by atoms with Gasteiger partial charge in [0, 0.05) is 11.1 Å². The molecule has 0 bridgehead atoms. The number of hydrogen-bond acceptors (Lipinski definition) is 8. The predicted molar refractivity (Wildman–Crippen MR) is 114 cm³/mol. The Morgan fingerprint density at radius 3 is 2.37 bits per heavy atom. The minimum atomic E-state index is -4.81. The number of halogens is 3. The molecule has 12 heteroatoms. The Hall–Kier alpha value is -4.50. The molecule has 4 aromatic rings. The lowest BCUT2D eigenvalue weighted by Crippen LogP contribution is -2.35. The summed E-state index contributed by atoms with van der Waals surface area (Å²) in [5, 5.41) is 28.5. The third-order valence-corrected chi connectivity index (χ3v) is 4.93. The van der Waals surface area contributed by atoms with Crippen molar-refractivity contribution >= 4 is 5.91 Å². The van der Waals surface area contributed by atoms with Crippen LogP contribution < -0.4 is 5.32 Å². The van der Waals surface area contributed by atoms with Gasteiger partial charge < -0.3 is 19.5 Å². The molecule has 2 N–H and O–H groups in total. The number of carbonyl (C=O) groups excluding carboxylic acids is 1. The van der Waals surface area contributed by atoms with E-state index in [-0.39, 0.29) is 17.0 Å². The molecule has 1 amide bonds. The molecule has 2 unspecified atom stereocenters. The van der Waals surface area contributed by atoms with E-state index in [9.17, 15) is 23.1 Å². The molecule has 0 saturated carbocycles. The van der Waals surface area contributed by atoms with Gasteiger partial charge in [-0.05, 0) is 12.5 Å². The predicted octanol–water partition coefficient (Wildman–Crippen LogP) is 4.14. The highest BCUT2D eigenvalue weighted by molar-refractivity contribution is 5.82. The van der Waals surface area contributed by atoms with E-state index in [4.69, 9.17) is 14.3 Å². The Morgan fingerprint density at radius 1 is 1.06 bits per heavy atom. The van der Waals surface area contributed by atoms with E-state index in [2.05, 4.69) is 20.6 Å². The first-order valence-corrected chi connectivity index (χ1v) is 10.1. The molecule has 9 nitrogen and oxygen atoms in total. The maximum absolute atomic E-state index is 13.9. The Bertz CT molecular complexity index is 1370. The highest BCUT2D eigenvalue weighted by Crippen LogP contribution is 2.43. The maximum Gasteiger partial charge on any atom is 0.422 e. The number of nitriles is 1. The van der Waals surface area contributed by atoms with E-state index in [0.29, 0.717) is 5.56 Å². The van der Waals surface area contributed by atoms with Gasteiger partial charge >= 0.3 is 6.18 Å². The van der Waals surface area contributed by atoms with Crippen molar-refractivity contribution in [2.24, 2.45) is 0 Å². The molecule has 0 fully saturated rings. The van der Waals surface area contributed by atoms with Gasteiger partial charge in [0.15, 0.2) is 6.10 Å².